The molecule has 3 rings (SSSR count). The van der Waals surface area contributed by atoms with Crippen LogP contribution in [-0.2, 0) is 28.7 Å². The Bertz CT molecular complexity index is 879. The first kappa shape index (κ1) is 16.5. The van der Waals surface area contributed by atoms with E-state index < -0.39 is 15.9 Å². The van der Waals surface area contributed by atoms with Crippen molar-refractivity contribution in [1.29, 1.82) is 0 Å². The van der Waals surface area contributed by atoms with Crippen molar-refractivity contribution < 1.29 is 13.2 Å². The van der Waals surface area contributed by atoms with Crippen molar-refractivity contribution in [3.8, 4) is 0 Å². The maximum atomic E-state index is 12.6. The smallest absolute Gasteiger partial charge is 0.286 e. The predicted octanol–water partition coefficient (Wildman–Crippen LogP) is 0.572. The van der Waals surface area contributed by atoms with E-state index in [4.69, 9.17) is 5.73 Å². The molecule has 0 aliphatic carbocycles. The Morgan fingerprint density at radius 3 is 2.71 bits per heavy atom. The average Bonchev–Trinajstić information content (AvgIpc) is 2.55. The number of fused-ring (bicyclic) bond motifs is 1. The van der Waals surface area contributed by atoms with Crippen molar-refractivity contribution in [1.82, 2.24) is 14.3 Å². The summed E-state index contributed by atoms with van der Waals surface area (Å²) < 4.78 is 26.7. The summed E-state index contributed by atoms with van der Waals surface area (Å²) in [4.78, 5) is 19.0. The lowest BCUT2D eigenvalue weighted by molar-refractivity contribution is 0.0989. The largest absolute Gasteiger partial charge is 0.363 e. The minimum Gasteiger partial charge on any atom is -0.363 e. The van der Waals surface area contributed by atoms with Gasteiger partial charge in [0, 0.05) is 12.1 Å². The van der Waals surface area contributed by atoms with Crippen molar-refractivity contribution in [3.05, 3.63) is 58.7 Å². The second kappa shape index (κ2) is 6.29. The molecule has 0 fully saturated rings. The summed E-state index contributed by atoms with van der Waals surface area (Å²) in [6.07, 6.45) is 3.19. The number of nitrogens with zero attached hydrogens (tertiary/aromatic N) is 3. The molecule has 0 bridgehead atoms. The summed E-state index contributed by atoms with van der Waals surface area (Å²) in [5.41, 5.74) is 8.19. The van der Waals surface area contributed by atoms with Crippen LogP contribution in [0.4, 0.5) is 0 Å². The molecule has 2 aromatic rings. The Morgan fingerprint density at radius 2 is 2.04 bits per heavy atom. The lowest BCUT2D eigenvalue weighted by Crippen LogP contribution is -2.37. The molecule has 8 heteroatoms. The zero-order chi connectivity index (χ0) is 17.3. The van der Waals surface area contributed by atoms with Crippen molar-refractivity contribution in [3.63, 3.8) is 0 Å². The molecule has 0 saturated carbocycles. The molecule has 0 atom stereocenters. The topological polar surface area (TPSA) is 106 Å². The zero-order valence-electron chi connectivity index (χ0n) is 13.2. The van der Waals surface area contributed by atoms with Gasteiger partial charge in [-0.2, -0.15) is 4.31 Å². The maximum Gasteiger partial charge on any atom is 0.286 e. The number of carbonyl (C=O) groups excluding carboxylic acids is 1. The molecule has 0 spiro atoms. The summed E-state index contributed by atoms with van der Waals surface area (Å²) in [7, 11) is -3.48. The van der Waals surface area contributed by atoms with Crippen LogP contribution in [0.1, 0.15) is 33.0 Å². The summed E-state index contributed by atoms with van der Waals surface area (Å²) in [5.74, 6) is -0.972. The SMILES string of the molecule is Cc1ccc(CS(=O)(=O)N2CCc3[c]nc(C(N)=O)nc3C2)cc1. The van der Waals surface area contributed by atoms with Gasteiger partial charge in [-0.1, -0.05) is 29.8 Å². The highest BCUT2D eigenvalue weighted by molar-refractivity contribution is 7.88. The van der Waals surface area contributed by atoms with Crippen LogP contribution < -0.4 is 5.73 Å². The summed E-state index contributed by atoms with van der Waals surface area (Å²) >= 11 is 0. The fourth-order valence-corrected chi connectivity index (χ4v) is 4.04. The van der Waals surface area contributed by atoms with Crippen molar-refractivity contribution in [2.45, 2.75) is 25.6 Å². The summed E-state index contributed by atoms with van der Waals surface area (Å²) in [5, 5.41) is 0. The Labute approximate surface area is 140 Å². The number of amides is 1. The van der Waals surface area contributed by atoms with Crippen LogP contribution in [-0.4, -0.2) is 35.1 Å². The van der Waals surface area contributed by atoms with Gasteiger partial charge in [-0.05, 0) is 18.9 Å². The molecule has 1 aromatic heterocycles. The molecule has 24 heavy (non-hydrogen) atoms. The number of carbonyl (C=O) groups is 1. The molecule has 1 aliphatic rings. The van der Waals surface area contributed by atoms with Gasteiger partial charge in [0.25, 0.3) is 5.91 Å². The monoisotopic (exact) mass is 345 g/mol. The molecule has 0 unspecified atom stereocenters. The quantitative estimate of drug-likeness (QED) is 0.872. The van der Waals surface area contributed by atoms with Gasteiger partial charge in [0.15, 0.2) is 0 Å². The number of aryl methyl sites for hydroxylation is 1. The molecule has 2 N–H and O–H groups in total. The number of hydrogen-bond acceptors (Lipinski definition) is 5. The Hall–Kier alpha value is -2.32. The third-order valence-electron chi connectivity index (χ3n) is 3.91. The molecular formula is C16H17N4O3S. The number of hydrogen-bond donors (Lipinski definition) is 1. The van der Waals surface area contributed by atoms with Crippen LogP contribution in [0, 0.1) is 13.1 Å². The number of benzene rings is 1. The van der Waals surface area contributed by atoms with Gasteiger partial charge >= 0.3 is 0 Å². The third kappa shape index (κ3) is 3.44. The molecule has 125 valence electrons. The van der Waals surface area contributed by atoms with Crippen LogP contribution in [0.25, 0.3) is 0 Å². The van der Waals surface area contributed by atoms with E-state index >= 15 is 0 Å². The highest BCUT2D eigenvalue weighted by atomic mass is 32.2. The highest BCUT2D eigenvalue weighted by Gasteiger charge is 2.28. The van der Waals surface area contributed by atoms with Crippen molar-refractivity contribution in [2.24, 2.45) is 5.73 Å². The second-order valence-corrected chi connectivity index (χ2v) is 7.74. The zero-order valence-corrected chi connectivity index (χ0v) is 14.0. The van der Waals surface area contributed by atoms with Gasteiger partial charge in [0.1, 0.15) is 0 Å². The van der Waals surface area contributed by atoms with Gasteiger partial charge in [0.2, 0.25) is 15.8 Å². The number of sulfonamides is 1. The normalized spacial score (nSPS) is 15.0. The Kier molecular flexibility index (Phi) is 4.33. The lowest BCUT2D eigenvalue weighted by Gasteiger charge is -2.27. The standard InChI is InChI=1S/C16H17N4O3S/c1-11-2-4-12(5-3-11)10-24(22,23)20-7-6-13-8-18-16(15(17)21)19-14(13)9-20/h2-5H,6-7,9-10H2,1H3,(H2,17,21). The van der Waals surface area contributed by atoms with E-state index in [-0.39, 0.29) is 18.1 Å². The van der Waals surface area contributed by atoms with Crippen molar-refractivity contribution in [2.75, 3.05) is 6.54 Å². The first-order chi connectivity index (χ1) is 11.3. The van der Waals surface area contributed by atoms with Gasteiger partial charge in [-0.3, -0.25) is 4.79 Å². The minimum atomic E-state index is -3.48. The summed E-state index contributed by atoms with van der Waals surface area (Å²) in [6.45, 7) is 2.40. The Balaban J connectivity index is 1.81. The molecule has 2 heterocycles. The molecule has 1 amide bonds. The van der Waals surface area contributed by atoms with E-state index in [0.717, 1.165) is 16.7 Å². The van der Waals surface area contributed by atoms with Crippen LogP contribution in [0.2, 0.25) is 0 Å². The van der Waals surface area contributed by atoms with E-state index in [0.29, 0.717) is 18.7 Å². The minimum absolute atomic E-state index is 0.0694. The van der Waals surface area contributed by atoms with Crippen LogP contribution in [0.15, 0.2) is 24.3 Å². The van der Waals surface area contributed by atoms with E-state index in [1.807, 2.05) is 31.2 Å². The van der Waals surface area contributed by atoms with E-state index in [2.05, 4.69) is 16.2 Å². The molecule has 1 aromatic carbocycles. The van der Waals surface area contributed by atoms with Crippen LogP contribution in [0.3, 0.4) is 0 Å². The summed E-state index contributed by atoms with van der Waals surface area (Å²) in [6, 6.07) is 7.40. The fraction of sp³-hybridized carbons (Fsp3) is 0.312. The molecule has 1 radical (unpaired) electrons. The average molecular weight is 345 g/mol. The fourth-order valence-electron chi connectivity index (χ4n) is 2.55. The van der Waals surface area contributed by atoms with E-state index in [1.54, 1.807) is 0 Å². The molecule has 7 nitrogen and oxygen atoms in total. The Morgan fingerprint density at radius 1 is 1.33 bits per heavy atom. The van der Waals surface area contributed by atoms with E-state index in [9.17, 15) is 13.2 Å². The third-order valence-corrected chi connectivity index (χ3v) is 5.70. The lowest BCUT2D eigenvalue weighted by atomic mass is 10.1. The molecule has 1 aliphatic heterocycles. The van der Waals surface area contributed by atoms with E-state index in [1.165, 1.54) is 4.31 Å². The molecular weight excluding hydrogens is 328 g/mol. The van der Waals surface area contributed by atoms with Gasteiger partial charge in [-0.25, -0.2) is 18.4 Å². The maximum absolute atomic E-state index is 12.6. The van der Waals surface area contributed by atoms with Crippen molar-refractivity contribution >= 4 is 15.9 Å². The highest BCUT2D eigenvalue weighted by Crippen LogP contribution is 2.21. The van der Waals surface area contributed by atoms with Crippen LogP contribution in [0.5, 0.6) is 0 Å². The van der Waals surface area contributed by atoms with Gasteiger partial charge in [0.05, 0.1) is 24.2 Å². The predicted molar refractivity (Wildman–Crippen MR) is 87.3 cm³/mol. The first-order valence-electron chi connectivity index (χ1n) is 7.46. The number of primary amides is 1. The van der Waals surface area contributed by atoms with Gasteiger partial charge < -0.3 is 5.73 Å². The number of nitrogens with two attached hydrogens (primary N) is 1. The number of aromatic nitrogens is 2. The van der Waals surface area contributed by atoms with Crippen LogP contribution >= 0.6 is 0 Å². The second-order valence-electron chi connectivity index (χ2n) is 5.77. The molecule has 0 saturated heterocycles. The number of rotatable bonds is 4. The first-order valence-corrected chi connectivity index (χ1v) is 9.07. The van der Waals surface area contributed by atoms with Gasteiger partial charge in [-0.15, -0.1) is 0 Å².